The van der Waals surface area contributed by atoms with E-state index < -0.39 is 11.7 Å². The Hall–Kier alpha value is -0.380. The van der Waals surface area contributed by atoms with Crippen molar-refractivity contribution in [2.45, 2.75) is 77.4 Å². The van der Waals surface area contributed by atoms with Crippen LogP contribution in [-0.4, -0.2) is 33.6 Å². The molecule has 3 N–H and O–H groups in total. The lowest BCUT2D eigenvalue weighted by atomic mass is 9.41. The van der Waals surface area contributed by atoms with Gasteiger partial charge in [0.1, 0.15) is 0 Å². The molecule has 0 saturated heterocycles. The third-order valence-electron chi connectivity index (χ3n) is 7.88. The van der Waals surface area contributed by atoms with E-state index in [1.165, 1.54) is 0 Å². The number of hydrogen-bond donors (Lipinski definition) is 3. The molecule has 132 valence electrons. The number of hydrogen-bond acceptors (Lipinski definition) is 3. The average molecular weight is 322 g/mol. The Morgan fingerprint density at radius 1 is 1.17 bits per heavy atom. The van der Waals surface area contributed by atoms with Crippen LogP contribution < -0.4 is 0 Å². The molecule has 0 aromatic rings. The maximum atomic E-state index is 11.5. The van der Waals surface area contributed by atoms with Gasteiger partial charge in [-0.15, -0.1) is 6.58 Å². The third kappa shape index (κ3) is 2.42. The highest BCUT2D eigenvalue weighted by atomic mass is 16.3. The molecule has 3 heteroatoms. The van der Waals surface area contributed by atoms with Crippen molar-refractivity contribution >= 4 is 0 Å². The van der Waals surface area contributed by atoms with Crippen LogP contribution in [0.3, 0.4) is 0 Å². The van der Waals surface area contributed by atoms with E-state index in [4.69, 9.17) is 0 Å². The van der Waals surface area contributed by atoms with Gasteiger partial charge in [0.2, 0.25) is 0 Å². The van der Waals surface area contributed by atoms with Gasteiger partial charge in [0.25, 0.3) is 0 Å². The van der Waals surface area contributed by atoms with Crippen LogP contribution in [-0.2, 0) is 0 Å². The van der Waals surface area contributed by atoms with Crippen LogP contribution in [0, 0.1) is 28.1 Å². The number of aliphatic hydroxyl groups is 3. The molecule has 0 aromatic heterocycles. The van der Waals surface area contributed by atoms with E-state index in [-0.39, 0.29) is 34.7 Å². The maximum Gasteiger partial charge on any atom is 0.0714 e. The summed E-state index contributed by atoms with van der Waals surface area (Å²) in [5.74, 6) is 0.287. The van der Waals surface area contributed by atoms with E-state index in [2.05, 4.69) is 27.4 Å². The topological polar surface area (TPSA) is 60.7 Å². The number of fused-ring (bicyclic) bond motifs is 3. The van der Waals surface area contributed by atoms with Crippen molar-refractivity contribution in [3.8, 4) is 0 Å². The monoisotopic (exact) mass is 322 g/mol. The van der Waals surface area contributed by atoms with Gasteiger partial charge in [-0.2, -0.15) is 0 Å². The van der Waals surface area contributed by atoms with Gasteiger partial charge in [-0.25, -0.2) is 0 Å². The van der Waals surface area contributed by atoms with E-state index in [1.807, 2.05) is 6.08 Å². The van der Waals surface area contributed by atoms with Crippen LogP contribution in [0.1, 0.15) is 65.7 Å². The largest absolute Gasteiger partial charge is 0.396 e. The molecule has 7 unspecified atom stereocenters. The second-order valence-corrected chi connectivity index (χ2v) is 9.65. The van der Waals surface area contributed by atoms with E-state index in [0.717, 1.165) is 32.1 Å². The highest BCUT2D eigenvalue weighted by Crippen LogP contribution is 2.66. The number of aliphatic hydroxyl groups excluding tert-OH is 2. The second kappa shape index (κ2) is 5.31. The summed E-state index contributed by atoms with van der Waals surface area (Å²) in [5, 5.41) is 32.5. The van der Waals surface area contributed by atoms with Gasteiger partial charge in [-0.3, -0.25) is 0 Å². The smallest absolute Gasteiger partial charge is 0.0714 e. The lowest BCUT2D eigenvalue weighted by molar-refractivity contribution is -0.246. The van der Waals surface area contributed by atoms with Gasteiger partial charge in [0, 0.05) is 13.0 Å². The molecule has 0 radical (unpaired) electrons. The standard InChI is InChI=1S/C20H34O3/c1-5-17(2)10-7-15-19(4)9-6-8-18(3,13-21)16(19)14(22)11-20(15,23)12-17/h5,14-16,21-23H,1,6-13H2,2-4H3. The van der Waals surface area contributed by atoms with Crippen LogP contribution in [0.5, 0.6) is 0 Å². The molecule has 7 atom stereocenters. The maximum absolute atomic E-state index is 11.5. The lowest BCUT2D eigenvalue weighted by Crippen LogP contribution is -2.66. The summed E-state index contributed by atoms with van der Waals surface area (Å²) in [6.07, 6.45) is 7.71. The molecule has 0 bridgehead atoms. The highest BCUT2D eigenvalue weighted by Gasteiger charge is 2.65. The Morgan fingerprint density at radius 2 is 1.87 bits per heavy atom. The summed E-state index contributed by atoms with van der Waals surface area (Å²) in [7, 11) is 0. The molecule has 3 fully saturated rings. The van der Waals surface area contributed by atoms with Gasteiger partial charge in [0.05, 0.1) is 11.7 Å². The third-order valence-corrected chi connectivity index (χ3v) is 7.88. The summed E-state index contributed by atoms with van der Waals surface area (Å²) < 4.78 is 0. The predicted molar refractivity (Wildman–Crippen MR) is 91.9 cm³/mol. The Labute approximate surface area is 140 Å². The molecular formula is C20H34O3. The van der Waals surface area contributed by atoms with Crippen LogP contribution in [0.2, 0.25) is 0 Å². The van der Waals surface area contributed by atoms with Crippen molar-refractivity contribution < 1.29 is 15.3 Å². The summed E-state index contributed by atoms with van der Waals surface area (Å²) in [5.41, 5.74) is -1.17. The molecule has 3 nitrogen and oxygen atoms in total. The van der Waals surface area contributed by atoms with E-state index in [9.17, 15) is 15.3 Å². The second-order valence-electron chi connectivity index (χ2n) is 9.65. The van der Waals surface area contributed by atoms with Gasteiger partial charge >= 0.3 is 0 Å². The average Bonchev–Trinajstić information content (AvgIpc) is 2.45. The zero-order valence-electron chi connectivity index (χ0n) is 15.0. The summed E-state index contributed by atoms with van der Waals surface area (Å²) >= 11 is 0. The first kappa shape index (κ1) is 17.4. The number of allylic oxidation sites excluding steroid dienone is 1. The quantitative estimate of drug-likeness (QED) is 0.684. The molecule has 0 amide bonds. The fourth-order valence-electron chi connectivity index (χ4n) is 6.92. The minimum Gasteiger partial charge on any atom is -0.396 e. The molecule has 3 rings (SSSR count). The first-order valence-corrected chi connectivity index (χ1v) is 9.27. The van der Waals surface area contributed by atoms with Crippen molar-refractivity contribution in [1.82, 2.24) is 0 Å². The Balaban J connectivity index is 2.01. The van der Waals surface area contributed by atoms with Crippen molar-refractivity contribution in [3.05, 3.63) is 12.7 Å². The van der Waals surface area contributed by atoms with E-state index in [1.54, 1.807) is 0 Å². The Bertz CT molecular complexity index is 491. The minimum absolute atomic E-state index is 0.0386. The molecular weight excluding hydrogens is 288 g/mol. The van der Waals surface area contributed by atoms with Crippen molar-refractivity contribution in [2.24, 2.45) is 28.1 Å². The number of rotatable bonds is 2. The highest BCUT2D eigenvalue weighted by molar-refractivity contribution is 5.16. The molecule has 0 aromatic carbocycles. The zero-order chi connectivity index (χ0) is 17.1. The first-order chi connectivity index (χ1) is 10.6. The van der Waals surface area contributed by atoms with Crippen LogP contribution >= 0.6 is 0 Å². The molecule has 0 spiro atoms. The van der Waals surface area contributed by atoms with Gasteiger partial charge < -0.3 is 15.3 Å². The lowest BCUT2D eigenvalue weighted by Gasteiger charge is -2.66. The van der Waals surface area contributed by atoms with E-state index in [0.29, 0.717) is 12.8 Å². The van der Waals surface area contributed by atoms with Crippen LogP contribution in [0.4, 0.5) is 0 Å². The summed E-state index contributed by atoms with van der Waals surface area (Å²) in [6, 6.07) is 0. The van der Waals surface area contributed by atoms with Crippen LogP contribution in [0.15, 0.2) is 12.7 Å². The fraction of sp³-hybridized carbons (Fsp3) is 0.900. The molecule has 23 heavy (non-hydrogen) atoms. The van der Waals surface area contributed by atoms with Crippen molar-refractivity contribution in [2.75, 3.05) is 6.61 Å². The first-order valence-electron chi connectivity index (χ1n) is 9.27. The summed E-state index contributed by atoms with van der Waals surface area (Å²) in [4.78, 5) is 0. The Morgan fingerprint density at radius 3 is 2.48 bits per heavy atom. The molecule has 3 aliphatic carbocycles. The van der Waals surface area contributed by atoms with E-state index >= 15 is 0 Å². The molecule has 3 aliphatic rings. The zero-order valence-corrected chi connectivity index (χ0v) is 15.0. The van der Waals surface area contributed by atoms with Crippen molar-refractivity contribution in [1.29, 1.82) is 0 Å². The molecule has 0 aliphatic heterocycles. The SMILES string of the molecule is C=CC1(C)CCC2C(O)(CC(O)C3C(C)(CO)CCCC32C)C1. The molecule has 0 heterocycles. The fourth-order valence-corrected chi connectivity index (χ4v) is 6.92. The molecule has 3 saturated carbocycles. The summed E-state index contributed by atoms with van der Waals surface area (Å²) in [6.45, 7) is 10.7. The van der Waals surface area contributed by atoms with Gasteiger partial charge in [0.15, 0.2) is 0 Å². The Kier molecular flexibility index (Phi) is 4.02. The van der Waals surface area contributed by atoms with Gasteiger partial charge in [-0.1, -0.05) is 33.3 Å². The van der Waals surface area contributed by atoms with Crippen LogP contribution in [0.25, 0.3) is 0 Å². The van der Waals surface area contributed by atoms with Gasteiger partial charge in [-0.05, 0) is 60.2 Å². The minimum atomic E-state index is -0.806. The normalized spacial score (nSPS) is 56.5. The predicted octanol–water partition coefficient (Wildman–Crippen LogP) is 3.28. The van der Waals surface area contributed by atoms with Crippen molar-refractivity contribution in [3.63, 3.8) is 0 Å².